The lowest BCUT2D eigenvalue weighted by Gasteiger charge is -2.24. The van der Waals surface area contributed by atoms with E-state index >= 15 is 0 Å². The van der Waals surface area contributed by atoms with Crippen LogP contribution in [-0.2, 0) is 16.1 Å². The van der Waals surface area contributed by atoms with Crippen LogP contribution in [0.3, 0.4) is 0 Å². The van der Waals surface area contributed by atoms with Gasteiger partial charge in [0.05, 0.1) is 6.10 Å². The number of hydrogen-bond donors (Lipinski definition) is 1. The number of rotatable bonds is 5. The molecule has 1 fully saturated rings. The van der Waals surface area contributed by atoms with Gasteiger partial charge in [0.25, 0.3) is 5.91 Å². The molecule has 6 heteroatoms. The molecule has 0 saturated carbocycles. The van der Waals surface area contributed by atoms with Crippen molar-refractivity contribution in [1.82, 2.24) is 10.2 Å². The third-order valence-corrected chi connectivity index (χ3v) is 3.39. The van der Waals surface area contributed by atoms with Crippen LogP contribution in [0.4, 0.5) is 8.78 Å². The van der Waals surface area contributed by atoms with E-state index < -0.39 is 12.3 Å². The van der Waals surface area contributed by atoms with Crippen molar-refractivity contribution in [3.63, 3.8) is 0 Å². The van der Waals surface area contributed by atoms with Crippen molar-refractivity contribution in [2.75, 3.05) is 26.2 Å². The molecule has 0 aromatic heterocycles. The van der Waals surface area contributed by atoms with Gasteiger partial charge in [-0.3, -0.25) is 9.69 Å². The number of benzene rings is 1. The molecule has 1 atom stereocenters. The van der Waals surface area contributed by atoms with Crippen LogP contribution < -0.4 is 5.32 Å². The Labute approximate surface area is 123 Å². The molecule has 1 heterocycles. The molecule has 116 valence electrons. The third-order valence-electron chi connectivity index (χ3n) is 3.39. The first-order valence-electron chi connectivity index (χ1n) is 7.09. The maximum absolute atomic E-state index is 12.2. The molecule has 2 rings (SSSR count). The molecule has 0 spiro atoms. The molecule has 1 amide bonds. The first kappa shape index (κ1) is 15.9. The Morgan fingerprint density at radius 3 is 2.86 bits per heavy atom. The van der Waals surface area contributed by atoms with Gasteiger partial charge in [0.15, 0.2) is 0 Å². The molecule has 1 aliphatic rings. The summed E-state index contributed by atoms with van der Waals surface area (Å²) >= 11 is 0. The second kappa shape index (κ2) is 8.05. The van der Waals surface area contributed by atoms with Crippen LogP contribution in [0.1, 0.15) is 12.0 Å². The molecule has 4 nitrogen and oxygen atoms in total. The van der Waals surface area contributed by atoms with E-state index in [1.165, 1.54) is 5.56 Å². The summed E-state index contributed by atoms with van der Waals surface area (Å²) in [5, 5.41) is 2.22. The van der Waals surface area contributed by atoms with Crippen LogP contribution in [0.15, 0.2) is 30.3 Å². The number of nitrogens with zero attached hydrogens (tertiary/aromatic N) is 1. The van der Waals surface area contributed by atoms with Gasteiger partial charge in [-0.25, -0.2) is 0 Å². The lowest BCUT2D eigenvalue weighted by Crippen LogP contribution is -2.41. The minimum absolute atomic E-state index is 0.120. The Bertz CT molecular complexity index is 443. The first-order valence-corrected chi connectivity index (χ1v) is 7.09. The molecule has 1 aromatic carbocycles. The van der Waals surface area contributed by atoms with E-state index in [4.69, 9.17) is 4.74 Å². The third kappa shape index (κ3) is 5.40. The minimum atomic E-state index is -2.98. The van der Waals surface area contributed by atoms with E-state index in [2.05, 4.69) is 22.3 Å². The van der Waals surface area contributed by atoms with Gasteiger partial charge in [0.1, 0.15) is 0 Å². The van der Waals surface area contributed by atoms with Crippen molar-refractivity contribution in [3.05, 3.63) is 35.9 Å². The Morgan fingerprint density at radius 1 is 1.38 bits per heavy atom. The van der Waals surface area contributed by atoms with Crippen LogP contribution >= 0.6 is 0 Å². The summed E-state index contributed by atoms with van der Waals surface area (Å²) in [5.74, 6) is -1.24. The fraction of sp³-hybridized carbons (Fsp3) is 0.533. The Hall–Kier alpha value is -1.53. The number of carbonyl (C=O) groups excluding carboxylic acids is 1. The van der Waals surface area contributed by atoms with E-state index in [0.717, 1.165) is 19.5 Å². The van der Waals surface area contributed by atoms with Gasteiger partial charge >= 0.3 is 6.43 Å². The second-order valence-corrected chi connectivity index (χ2v) is 5.11. The van der Waals surface area contributed by atoms with Crippen molar-refractivity contribution >= 4 is 5.91 Å². The van der Waals surface area contributed by atoms with Crippen molar-refractivity contribution in [2.45, 2.75) is 25.5 Å². The molecule has 1 aromatic rings. The molecule has 0 bridgehead atoms. The second-order valence-electron chi connectivity index (χ2n) is 5.11. The molecule has 1 saturated heterocycles. The SMILES string of the molecule is O=C(NC[C@H]1CN(Cc2ccccc2)CCCO1)C(F)F. The number of ether oxygens (including phenoxy) is 1. The standard InChI is InChI=1S/C15H20F2N2O2/c16-14(17)15(20)18-9-13-11-19(7-4-8-21-13)10-12-5-2-1-3-6-12/h1-3,5-6,13-14H,4,7-11H2,(H,18,20)/t13-/m0/s1. The summed E-state index contributed by atoms with van der Waals surface area (Å²) in [6.45, 7) is 3.02. The molecule has 1 aliphatic heterocycles. The Kier molecular flexibility index (Phi) is 6.07. The average molecular weight is 298 g/mol. The highest BCUT2D eigenvalue weighted by Gasteiger charge is 2.21. The highest BCUT2D eigenvalue weighted by atomic mass is 19.3. The lowest BCUT2D eigenvalue weighted by atomic mass is 10.2. The van der Waals surface area contributed by atoms with E-state index in [0.29, 0.717) is 13.2 Å². The number of alkyl halides is 2. The van der Waals surface area contributed by atoms with Gasteiger partial charge in [-0.2, -0.15) is 8.78 Å². The summed E-state index contributed by atoms with van der Waals surface area (Å²) in [7, 11) is 0. The zero-order chi connectivity index (χ0) is 15.1. The summed E-state index contributed by atoms with van der Waals surface area (Å²) in [5.41, 5.74) is 1.20. The number of halogens is 2. The van der Waals surface area contributed by atoms with Crippen molar-refractivity contribution in [1.29, 1.82) is 0 Å². The normalized spacial score (nSPS) is 20.2. The maximum Gasteiger partial charge on any atom is 0.315 e. The fourth-order valence-corrected chi connectivity index (χ4v) is 2.37. The minimum Gasteiger partial charge on any atom is -0.375 e. The van der Waals surface area contributed by atoms with Gasteiger partial charge in [-0.05, 0) is 12.0 Å². The smallest absolute Gasteiger partial charge is 0.315 e. The molecule has 21 heavy (non-hydrogen) atoms. The summed E-state index contributed by atoms with van der Waals surface area (Å²) < 4.78 is 29.9. The van der Waals surface area contributed by atoms with Gasteiger partial charge < -0.3 is 10.1 Å². The van der Waals surface area contributed by atoms with Crippen molar-refractivity contribution in [2.24, 2.45) is 0 Å². The van der Waals surface area contributed by atoms with E-state index in [1.807, 2.05) is 18.2 Å². The largest absolute Gasteiger partial charge is 0.375 e. The number of hydrogen-bond acceptors (Lipinski definition) is 3. The number of nitrogens with one attached hydrogen (secondary N) is 1. The maximum atomic E-state index is 12.2. The molecule has 0 aliphatic carbocycles. The van der Waals surface area contributed by atoms with Gasteiger partial charge in [-0.1, -0.05) is 30.3 Å². The number of amides is 1. The van der Waals surface area contributed by atoms with Crippen molar-refractivity contribution in [3.8, 4) is 0 Å². The van der Waals surface area contributed by atoms with Crippen molar-refractivity contribution < 1.29 is 18.3 Å². The van der Waals surface area contributed by atoms with Crippen LogP contribution in [0.5, 0.6) is 0 Å². The summed E-state index contributed by atoms with van der Waals surface area (Å²) in [6, 6.07) is 10.1. The zero-order valence-electron chi connectivity index (χ0n) is 11.8. The molecule has 0 unspecified atom stereocenters. The summed E-state index contributed by atoms with van der Waals surface area (Å²) in [6.07, 6.45) is -2.33. The molecular weight excluding hydrogens is 278 g/mol. The lowest BCUT2D eigenvalue weighted by molar-refractivity contribution is -0.132. The van der Waals surface area contributed by atoms with Gasteiger partial charge in [0, 0.05) is 32.8 Å². The molecule has 1 N–H and O–H groups in total. The van der Waals surface area contributed by atoms with Gasteiger partial charge in [-0.15, -0.1) is 0 Å². The molecular formula is C15H20F2N2O2. The predicted octanol–water partition coefficient (Wildman–Crippen LogP) is 1.66. The average Bonchev–Trinajstić information content (AvgIpc) is 2.71. The fourth-order valence-electron chi connectivity index (χ4n) is 2.37. The Balaban J connectivity index is 1.84. The quantitative estimate of drug-likeness (QED) is 0.899. The topological polar surface area (TPSA) is 41.6 Å². The van der Waals surface area contributed by atoms with Gasteiger partial charge in [0.2, 0.25) is 0 Å². The first-order chi connectivity index (χ1) is 10.1. The highest BCUT2D eigenvalue weighted by molar-refractivity contribution is 5.79. The zero-order valence-corrected chi connectivity index (χ0v) is 11.8. The van der Waals surface area contributed by atoms with E-state index in [9.17, 15) is 13.6 Å². The van der Waals surface area contributed by atoms with Crippen LogP contribution in [0.25, 0.3) is 0 Å². The Morgan fingerprint density at radius 2 is 2.14 bits per heavy atom. The molecule has 0 radical (unpaired) electrons. The van der Waals surface area contributed by atoms with Crippen LogP contribution in [0.2, 0.25) is 0 Å². The van der Waals surface area contributed by atoms with Crippen LogP contribution in [0, 0.1) is 0 Å². The number of carbonyl (C=O) groups is 1. The monoisotopic (exact) mass is 298 g/mol. The van der Waals surface area contributed by atoms with Crippen LogP contribution in [-0.4, -0.2) is 49.6 Å². The van der Waals surface area contributed by atoms with E-state index in [1.54, 1.807) is 0 Å². The summed E-state index contributed by atoms with van der Waals surface area (Å²) in [4.78, 5) is 13.1. The predicted molar refractivity (Wildman–Crippen MR) is 75.1 cm³/mol. The highest BCUT2D eigenvalue weighted by Crippen LogP contribution is 2.10. The van der Waals surface area contributed by atoms with E-state index in [-0.39, 0.29) is 12.6 Å².